The zero-order chi connectivity index (χ0) is 15.2. The minimum atomic E-state index is -0.424. The van der Waals surface area contributed by atoms with Crippen molar-refractivity contribution in [3.63, 3.8) is 0 Å². The summed E-state index contributed by atoms with van der Waals surface area (Å²) in [6.07, 6.45) is 1.48. The number of esters is 1. The van der Waals surface area contributed by atoms with Crippen LogP contribution in [0.2, 0.25) is 0 Å². The summed E-state index contributed by atoms with van der Waals surface area (Å²) in [4.78, 5) is 15.8. The Balaban J connectivity index is 2.14. The fourth-order valence-electron chi connectivity index (χ4n) is 1.79. The van der Waals surface area contributed by atoms with Crippen molar-refractivity contribution < 1.29 is 14.3 Å². The normalized spacial score (nSPS) is 10.0. The minimum absolute atomic E-state index is 0.397. The van der Waals surface area contributed by atoms with E-state index in [0.717, 1.165) is 11.3 Å². The van der Waals surface area contributed by atoms with Crippen molar-refractivity contribution in [3.05, 3.63) is 52.3 Å². The van der Waals surface area contributed by atoms with E-state index in [9.17, 15) is 4.79 Å². The van der Waals surface area contributed by atoms with E-state index in [1.165, 1.54) is 13.3 Å². The number of halogens is 1. The molecule has 1 aromatic carbocycles. The molecule has 0 spiro atoms. The number of hydrogen-bond donors (Lipinski definition) is 1. The van der Waals surface area contributed by atoms with Gasteiger partial charge in [0.05, 0.1) is 19.9 Å². The molecule has 1 N–H and O–H groups in total. The lowest BCUT2D eigenvalue weighted by atomic mass is 10.2. The van der Waals surface area contributed by atoms with Crippen LogP contribution in [0.1, 0.15) is 15.9 Å². The lowest BCUT2D eigenvalue weighted by Crippen LogP contribution is -2.09. The molecule has 0 amide bonds. The summed E-state index contributed by atoms with van der Waals surface area (Å²) in [5.74, 6) is 0.382. The summed E-state index contributed by atoms with van der Waals surface area (Å²) in [6, 6.07) is 9.44. The molecule has 0 aliphatic rings. The van der Waals surface area contributed by atoms with E-state index >= 15 is 0 Å². The van der Waals surface area contributed by atoms with Crippen molar-refractivity contribution in [1.82, 2.24) is 4.98 Å². The van der Waals surface area contributed by atoms with Crippen molar-refractivity contribution in [1.29, 1.82) is 0 Å². The Labute approximate surface area is 131 Å². The van der Waals surface area contributed by atoms with Gasteiger partial charge >= 0.3 is 5.97 Å². The molecule has 110 valence electrons. The van der Waals surface area contributed by atoms with Gasteiger partial charge < -0.3 is 14.8 Å². The minimum Gasteiger partial charge on any atom is -0.497 e. The molecule has 2 aromatic rings. The summed E-state index contributed by atoms with van der Waals surface area (Å²) in [5, 5.41) is 3.21. The smallest absolute Gasteiger partial charge is 0.341 e. The molecule has 1 heterocycles. The lowest BCUT2D eigenvalue weighted by Gasteiger charge is -2.11. The number of rotatable bonds is 5. The Bertz CT molecular complexity index is 629. The van der Waals surface area contributed by atoms with Crippen LogP contribution in [0.4, 0.5) is 5.69 Å². The van der Waals surface area contributed by atoms with Gasteiger partial charge in [-0.3, -0.25) is 0 Å². The number of carbonyl (C=O) groups is 1. The predicted octanol–water partition coefficient (Wildman–Crippen LogP) is 3.25. The predicted molar refractivity (Wildman–Crippen MR) is 83.6 cm³/mol. The number of nitrogens with one attached hydrogen (secondary N) is 1. The van der Waals surface area contributed by atoms with Gasteiger partial charge in [-0.25, -0.2) is 9.78 Å². The molecule has 0 aliphatic heterocycles. The van der Waals surface area contributed by atoms with E-state index in [4.69, 9.17) is 9.47 Å². The molecule has 0 radical (unpaired) electrons. The molecule has 0 saturated carbocycles. The number of carbonyl (C=O) groups excluding carboxylic acids is 1. The highest BCUT2D eigenvalue weighted by atomic mass is 79.9. The zero-order valence-corrected chi connectivity index (χ0v) is 13.3. The second-order valence-electron chi connectivity index (χ2n) is 4.25. The van der Waals surface area contributed by atoms with Crippen molar-refractivity contribution in [3.8, 4) is 5.75 Å². The van der Waals surface area contributed by atoms with Crippen LogP contribution in [0.3, 0.4) is 0 Å². The maximum atomic E-state index is 11.7. The SMILES string of the molecule is COC(=O)c1cnc(Br)cc1NCc1ccc(OC)cc1. The first-order chi connectivity index (χ1) is 10.1. The number of methoxy groups -OCH3 is 2. The molecule has 2 rings (SSSR count). The first-order valence-electron chi connectivity index (χ1n) is 6.24. The molecule has 0 aliphatic carbocycles. The average molecular weight is 351 g/mol. The van der Waals surface area contributed by atoms with Crippen molar-refractivity contribution in [2.45, 2.75) is 6.54 Å². The lowest BCUT2D eigenvalue weighted by molar-refractivity contribution is 0.0601. The highest BCUT2D eigenvalue weighted by Crippen LogP contribution is 2.21. The number of anilines is 1. The second-order valence-corrected chi connectivity index (χ2v) is 5.06. The van der Waals surface area contributed by atoms with E-state index in [0.29, 0.717) is 22.4 Å². The van der Waals surface area contributed by atoms with Crippen molar-refractivity contribution >= 4 is 27.6 Å². The third-order valence-corrected chi connectivity index (χ3v) is 3.35. The molecule has 6 heteroatoms. The van der Waals surface area contributed by atoms with Crippen LogP contribution < -0.4 is 10.1 Å². The van der Waals surface area contributed by atoms with Gasteiger partial charge in [-0.1, -0.05) is 12.1 Å². The molecule has 0 fully saturated rings. The summed E-state index contributed by atoms with van der Waals surface area (Å²) in [7, 11) is 2.97. The van der Waals surface area contributed by atoms with E-state index in [-0.39, 0.29) is 0 Å². The molecule has 0 unspecified atom stereocenters. The van der Waals surface area contributed by atoms with Gasteiger partial charge in [-0.2, -0.15) is 0 Å². The van der Waals surface area contributed by atoms with Crippen molar-refractivity contribution in [2.75, 3.05) is 19.5 Å². The van der Waals surface area contributed by atoms with Crippen LogP contribution in [0, 0.1) is 0 Å². The first-order valence-corrected chi connectivity index (χ1v) is 7.04. The Morgan fingerprint density at radius 2 is 2.00 bits per heavy atom. The van der Waals surface area contributed by atoms with Gasteiger partial charge in [0.2, 0.25) is 0 Å². The third kappa shape index (κ3) is 3.95. The van der Waals surface area contributed by atoms with E-state index in [2.05, 4.69) is 26.2 Å². The zero-order valence-electron chi connectivity index (χ0n) is 11.7. The quantitative estimate of drug-likeness (QED) is 0.662. The topological polar surface area (TPSA) is 60.5 Å². The summed E-state index contributed by atoms with van der Waals surface area (Å²) < 4.78 is 10.5. The molecule has 21 heavy (non-hydrogen) atoms. The van der Waals surface area contributed by atoms with Crippen LogP contribution in [0.25, 0.3) is 0 Å². The van der Waals surface area contributed by atoms with Gasteiger partial charge in [-0.05, 0) is 39.7 Å². The fraction of sp³-hybridized carbons (Fsp3) is 0.200. The van der Waals surface area contributed by atoms with Gasteiger partial charge in [0.15, 0.2) is 0 Å². The molecule has 0 atom stereocenters. The van der Waals surface area contributed by atoms with Crippen LogP contribution in [-0.4, -0.2) is 25.2 Å². The van der Waals surface area contributed by atoms with Crippen LogP contribution in [-0.2, 0) is 11.3 Å². The monoisotopic (exact) mass is 350 g/mol. The maximum absolute atomic E-state index is 11.7. The molecule has 0 saturated heterocycles. The van der Waals surface area contributed by atoms with Gasteiger partial charge in [0.25, 0.3) is 0 Å². The van der Waals surface area contributed by atoms with E-state index in [1.54, 1.807) is 13.2 Å². The summed E-state index contributed by atoms with van der Waals surface area (Å²) in [5.41, 5.74) is 2.13. The van der Waals surface area contributed by atoms with Gasteiger partial charge in [0, 0.05) is 12.7 Å². The average Bonchev–Trinajstić information content (AvgIpc) is 2.52. The van der Waals surface area contributed by atoms with Crippen LogP contribution in [0.5, 0.6) is 5.75 Å². The molecule has 5 nitrogen and oxygen atoms in total. The van der Waals surface area contributed by atoms with Gasteiger partial charge in [-0.15, -0.1) is 0 Å². The molecule has 0 bridgehead atoms. The number of aromatic nitrogens is 1. The largest absolute Gasteiger partial charge is 0.497 e. The summed E-state index contributed by atoms with van der Waals surface area (Å²) in [6.45, 7) is 0.574. The number of ether oxygens (including phenoxy) is 2. The summed E-state index contributed by atoms with van der Waals surface area (Å²) >= 11 is 3.29. The standard InChI is InChI=1S/C15H15BrN2O3/c1-20-11-5-3-10(4-6-11)8-17-13-7-14(16)18-9-12(13)15(19)21-2/h3-7,9H,8H2,1-2H3,(H,17,18). The highest BCUT2D eigenvalue weighted by Gasteiger charge is 2.12. The fourth-order valence-corrected chi connectivity index (χ4v) is 2.12. The van der Waals surface area contributed by atoms with Crippen LogP contribution in [0.15, 0.2) is 41.1 Å². The highest BCUT2D eigenvalue weighted by molar-refractivity contribution is 9.10. The number of nitrogens with zero attached hydrogens (tertiary/aromatic N) is 1. The van der Waals surface area contributed by atoms with E-state index in [1.807, 2.05) is 24.3 Å². The van der Waals surface area contributed by atoms with Crippen LogP contribution >= 0.6 is 15.9 Å². The first kappa shape index (κ1) is 15.3. The Morgan fingerprint density at radius 3 is 2.62 bits per heavy atom. The Hall–Kier alpha value is -2.08. The third-order valence-electron chi connectivity index (χ3n) is 2.92. The molecule has 1 aromatic heterocycles. The molecular formula is C15H15BrN2O3. The van der Waals surface area contributed by atoms with E-state index < -0.39 is 5.97 Å². The second kappa shape index (κ2) is 7.08. The number of hydrogen-bond acceptors (Lipinski definition) is 5. The van der Waals surface area contributed by atoms with Crippen molar-refractivity contribution in [2.24, 2.45) is 0 Å². The number of benzene rings is 1. The number of pyridine rings is 1. The Kier molecular flexibility index (Phi) is 5.16. The van der Waals surface area contributed by atoms with Gasteiger partial charge in [0.1, 0.15) is 15.9 Å². The molecular weight excluding hydrogens is 336 g/mol. The Morgan fingerprint density at radius 1 is 1.29 bits per heavy atom. The maximum Gasteiger partial charge on any atom is 0.341 e.